The molecule has 0 atom stereocenters. The quantitative estimate of drug-likeness (QED) is 0.665. The van der Waals surface area contributed by atoms with Gasteiger partial charge in [-0.05, 0) is 12.8 Å². The van der Waals surface area contributed by atoms with Crippen molar-refractivity contribution in [1.82, 2.24) is 4.98 Å². The summed E-state index contributed by atoms with van der Waals surface area (Å²) in [6, 6.07) is 0.418. The Kier molecular flexibility index (Phi) is 1.73. The summed E-state index contributed by atoms with van der Waals surface area (Å²) in [4.78, 5) is 17.4. The highest BCUT2D eigenvalue weighted by molar-refractivity contribution is 7.11. The van der Waals surface area contributed by atoms with E-state index in [1.807, 2.05) is 0 Å². The Labute approximate surface area is 72.6 Å². The summed E-state index contributed by atoms with van der Waals surface area (Å²) < 4.78 is 0. The molecule has 1 aromatic heterocycles. The second kappa shape index (κ2) is 2.75. The number of thiazole rings is 1. The van der Waals surface area contributed by atoms with Crippen molar-refractivity contribution in [3.05, 3.63) is 14.5 Å². The van der Waals surface area contributed by atoms with Crippen LogP contribution in [0, 0.1) is 0 Å². The Morgan fingerprint density at radius 3 is 2.92 bits per heavy atom. The molecule has 0 aromatic carbocycles. The van der Waals surface area contributed by atoms with Gasteiger partial charge < -0.3 is 5.11 Å². The molecule has 12 heavy (non-hydrogen) atoms. The lowest BCUT2D eigenvalue weighted by Gasteiger charge is -1.85. The Hall–Kier alpha value is -1.10. The summed E-state index contributed by atoms with van der Waals surface area (Å²) in [5.41, 5.74) is 0. The first-order valence-corrected chi connectivity index (χ1v) is 4.52. The maximum absolute atomic E-state index is 10.7. The van der Waals surface area contributed by atoms with Gasteiger partial charge in [-0.15, -0.1) is 0 Å². The summed E-state index contributed by atoms with van der Waals surface area (Å²) in [6.07, 6.45) is 3.81. The van der Waals surface area contributed by atoms with Crippen molar-refractivity contribution in [2.45, 2.75) is 18.9 Å². The van der Waals surface area contributed by atoms with Crippen molar-refractivity contribution >= 4 is 17.6 Å². The highest BCUT2D eigenvalue weighted by Crippen LogP contribution is 2.24. The normalized spacial score (nSPS) is 17.3. The predicted molar refractivity (Wildman–Crippen MR) is 47.2 cm³/mol. The van der Waals surface area contributed by atoms with E-state index in [1.165, 1.54) is 0 Å². The van der Waals surface area contributed by atoms with Crippen LogP contribution in [-0.4, -0.2) is 22.3 Å². The zero-order valence-corrected chi connectivity index (χ0v) is 7.10. The monoisotopic (exact) mass is 184 g/mol. The van der Waals surface area contributed by atoms with Crippen LogP contribution >= 0.6 is 11.3 Å². The molecular formula is C7H8N2O2S. The lowest BCUT2D eigenvalue weighted by Crippen LogP contribution is -1.89. The highest BCUT2D eigenvalue weighted by atomic mass is 32.1. The second-order valence-corrected chi connectivity index (χ2v) is 3.75. The van der Waals surface area contributed by atoms with Crippen LogP contribution in [-0.2, 0) is 0 Å². The molecule has 0 bridgehead atoms. The van der Waals surface area contributed by atoms with Crippen molar-refractivity contribution in [3.8, 4) is 5.88 Å². The highest BCUT2D eigenvalue weighted by Gasteiger charge is 2.19. The number of H-pyrrole nitrogens is 1. The van der Waals surface area contributed by atoms with Crippen LogP contribution in [0.15, 0.2) is 9.79 Å². The van der Waals surface area contributed by atoms with Gasteiger partial charge in [-0.2, -0.15) is 0 Å². The molecule has 1 aromatic rings. The lowest BCUT2D eigenvalue weighted by atomic mass is 10.5. The number of aromatic amines is 1. The minimum Gasteiger partial charge on any atom is -0.493 e. The number of aromatic hydroxyl groups is 1. The summed E-state index contributed by atoms with van der Waals surface area (Å²) in [5.74, 6) is -0.0746. The largest absolute Gasteiger partial charge is 0.493 e. The summed E-state index contributed by atoms with van der Waals surface area (Å²) in [7, 11) is 0. The Bertz CT molecular complexity index is 362. The van der Waals surface area contributed by atoms with Crippen LogP contribution in [0.3, 0.4) is 0 Å². The van der Waals surface area contributed by atoms with Gasteiger partial charge in [0.05, 0.1) is 6.04 Å². The zero-order chi connectivity index (χ0) is 8.55. The maximum Gasteiger partial charge on any atom is 0.307 e. The van der Waals surface area contributed by atoms with Gasteiger partial charge in [0, 0.05) is 6.21 Å². The van der Waals surface area contributed by atoms with Crippen LogP contribution < -0.4 is 4.87 Å². The van der Waals surface area contributed by atoms with Gasteiger partial charge in [0.1, 0.15) is 4.88 Å². The van der Waals surface area contributed by atoms with Crippen molar-refractivity contribution in [3.63, 3.8) is 0 Å². The number of nitrogens with one attached hydrogen (secondary N) is 1. The van der Waals surface area contributed by atoms with E-state index in [-0.39, 0.29) is 10.8 Å². The van der Waals surface area contributed by atoms with Gasteiger partial charge in [-0.1, -0.05) is 11.3 Å². The second-order valence-electron chi connectivity index (χ2n) is 2.74. The van der Waals surface area contributed by atoms with E-state index in [0.717, 1.165) is 24.2 Å². The lowest BCUT2D eigenvalue weighted by molar-refractivity contribution is 0.455. The fraction of sp³-hybridized carbons (Fsp3) is 0.429. The number of aromatic nitrogens is 1. The first-order chi connectivity index (χ1) is 5.75. The van der Waals surface area contributed by atoms with E-state index in [2.05, 4.69) is 9.98 Å². The third-order valence-corrected chi connectivity index (χ3v) is 2.41. The SMILES string of the molecule is O=c1[nH]c(O)c(C=NC2CC2)s1. The van der Waals surface area contributed by atoms with Gasteiger partial charge in [0.15, 0.2) is 0 Å². The molecule has 1 fully saturated rings. The Morgan fingerprint density at radius 2 is 2.42 bits per heavy atom. The summed E-state index contributed by atoms with van der Waals surface area (Å²) >= 11 is 0.974. The Balaban J connectivity index is 2.20. The minimum absolute atomic E-state index is 0.0746. The number of aliphatic imine (C=N–C) groups is 1. The topological polar surface area (TPSA) is 65.5 Å². The number of hydrogen-bond acceptors (Lipinski definition) is 4. The number of rotatable bonds is 2. The molecular weight excluding hydrogens is 176 g/mol. The van der Waals surface area contributed by atoms with E-state index in [4.69, 9.17) is 5.11 Å². The molecule has 1 aliphatic rings. The molecule has 64 valence electrons. The van der Waals surface area contributed by atoms with Gasteiger partial charge in [0.25, 0.3) is 0 Å². The van der Waals surface area contributed by atoms with E-state index in [0.29, 0.717) is 10.9 Å². The molecule has 1 saturated carbocycles. The maximum atomic E-state index is 10.7. The van der Waals surface area contributed by atoms with Crippen LogP contribution in [0.5, 0.6) is 5.88 Å². The molecule has 2 N–H and O–H groups in total. The molecule has 4 nitrogen and oxygen atoms in total. The minimum atomic E-state index is -0.246. The van der Waals surface area contributed by atoms with Gasteiger partial charge in [-0.3, -0.25) is 14.8 Å². The molecule has 0 amide bonds. The van der Waals surface area contributed by atoms with Gasteiger partial charge in [0.2, 0.25) is 5.88 Å². The van der Waals surface area contributed by atoms with Crippen molar-refractivity contribution in [2.75, 3.05) is 0 Å². The van der Waals surface area contributed by atoms with Gasteiger partial charge in [-0.25, -0.2) is 0 Å². The fourth-order valence-corrected chi connectivity index (χ4v) is 1.42. The van der Waals surface area contributed by atoms with Crippen LogP contribution in [0.1, 0.15) is 17.7 Å². The van der Waals surface area contributed by atoms with Crippen LogP contribution in [0.2, 0.25) is 0 Å². The van der Waals surface area contributed by atoms with Crippen molar-refractivity contribution in [2.24, 2.45) is 4.99 Å². The van der Waals surface area contributed by atoms with E-state index >= 15 is 0 Å². The number of hydrogen-bond donors (Lipinski definition) is 2. The smallest absolute Gasteiger partial charge is 0.307 e. The molecule has 1 heterocycles. The summed E-state index contributed by atoms with van der Waals surface area (Å²) in [6.45, 7) is 0. The molecule has 2 rings (SSSR count). The standard InChI is InChI=1S/C7H8N2O2S/c10-6-5(12-7(11)9-6)3-8-4-1-2-4/h3-4,10H,1-2H2,(H,9,11). The van der Waals surface area contributed by atoms with Crippen molar-refractivity contribution in [1.29, 1.82) is 0 Å². The fourth-order valence-electron chi connectivity index (χ4n) is 0.816. The van der Waals surface area contributed by atoms with E-state index in [9.17, 15) is 4.79 Å². The average molecular weight is 184 g/mol. The predicted octanol–water partition coefficient (Wildman–Crippen LogP) is 0.723. The van der Waals surface area contributed by atoms with Crippen LogP contribution in [0.4, 0.5) is 0 Å². The molecule has 0 spiro atoms. The van der Waals surface area contributed by atoms with E-state index < -0.39 is 0 Å². The zero-order valence-electron chi connectivity index (χ0n) is 6.28. The third-order valence-electron chi connectivity index (χ3n) is 1.61. The van der Waals surface area contributed by atoms with Crippen LogP contribution in [0.25, 0.3) is 0 Å². The van der Waals surface area contributed by atoms with Crippen molar-refractivity contribution < 1.29 is 5.11 Å². The van der Waals surface area contributed by atoms with E-state index in [1.54, 1.807) is 6.21 Å². The first kappa shape index (κ1) is 7.54. The molecule has 0 saturated heterocycles. The summed E-state index contributed by atoms with van der Waals surface area (Å²) in [5, 5.41) is 9.13. The molecule has 0 aliphatic heterocycles. The first-order valence-electron chi connectivity index (χ1n) is 3.71. The number of nitrogens with zero attached hydrogens (tertiary/aromatic N) is 1. The molecule has 0 unspecified atom stereocenters. The Morgan fingerprint density at radius 1 is 1.67 bits per heavy atom. The third kappa shape index (κ3) is 1.55. The molecule has 5 heteroatoms. The molecule has 1 aliphatic carbocycles. The average Bonchev–Trinajstić information content (AvgIpc) is 2.76. The molecule has 0 radical (unpaired) electrons. The van der Waals surface area contributed by atoms with Gasteiger partial charge >= 0.3 is 4.87 Å².